The molecule has 0 saturated heterocycles. The first-order chi connectivity index (χ1) is 10.1. The second-order valence-corrected chi connectivity index (χ2v) is 5.52. The number of pyridine rings is 1. The van der Waals surface area contributed by atoms with Gasteiger partial charge in [0.15, 0.2) is 12.4 Å². The molecule has 1 aromatic carbocycles. The Bertz CT molecular complexity index is 610. The van der Waals surface area contributed by atoms with Crippen LogP contribution in [0.5, 0.6) is 0 Å². The van der Waals surface area contributed by atoms with Gasteiger partial charge in [0.2, 0.25) is 6.04 Å². The monoisotopic (exact) mass is 303 g/mol. The smallest absolute Gasteiger partial charge is 0.293 e. The topological polar surface area (TPSA) is 33.0 Å². The third-order valence-corrected chi connectivity index (χ3v) is 3.61. The van der Waals surface area contributed by atoms with Gasteiger partial charge in [-0.05, 0) is 30.2 Å². The van der Waals surface area contributed by atoms with E-state index in [-0.39, 0.29) is 11.9 Å². The van der Waals surface area contributed by atoms with Gasteiger partial charge in [0.1, 0.15) is 0 Å². The lowest BCUT2D eigenvalue weighted by Gasteiger charge is -2.09. The van der Waals surface area contributed by atoms with Crippen molar-refractivity contribution in [2.75, 3.05) is 5.32 Å². The quantitative estimate of drug-likeness (QED) is 0.838. The summed E-state index contributed by atoms with van der Waals surface area (Å²) in [5, 5.41) is 3.48. The molecule has 1 amide bonds. The standard InChI is InChI=1S/C17H19ClN2O/c1-3-5-14-8-10-20(11-9-14)13(2)17(21)19-16-7-4-6-15(18)12-16/h4,6-13H,3,5H2,1-2H3/p+1/t13-/m1/s1. The zero-order valence-electron chi connectivity index (χ0n) is 12.3. The van der Waals surface area contributed by atoms with Gasteiger partial charge >= 0.3 is 0 Å². The molecule has 0 aliphatic rings. The SMILES string of the molecule is CCCc1cc[n+]([C@H](C)C(=O)Nc2cccc(Cl)c2)cc1. The molecule has 0 saturated carbocycles. The van der Waals surface area contributed by atoms with Crippen LogP contribution in [0.3, 0.4) is 0 Å². The fraction of sp³-hybridized carbons (Fsp3) is 0.294. The third kappa shape index (κ3) is 4.30. The summed E-state index contributed by atoms with van der Waals surface area (Å²) >= 11 is 5.92. The Labute approximate surface area is 130 Å². The molecular weight excluding hydrogens is 284 g/mol. The predicted molar refractivity (Wildman–Crippen MR) is 85.4 cm³/mol. The molecule has 110 valence electrons. The van der Waals surface area contributed by atoms with Crippen molar-refractivity contribution in [3.8, 4) is 0 Å². The number of hydrogen-bond donors (Lipinski definition) is 1. The Balaban J connectivity index is 2.04. The summed E-state index contributed by atoms with van der Waals surface area (Å²) in [6.07, 6.45) is 6.08. The molecular formula is C17H20ClN2O+. The van der Waals surface area contributed by atoms with E-state index in [9.17, 15) is 4.79 Å². The summed E-state index contributed by atoms with van der Waals surface area (Å²) in [5.41, 5.74) is 2.00. The van der Waals surface area contributed by atoms with Crippen LogP contribution in [0.2, 0.25) is 5.02 Å². The Morgan fingerprint density at radius 3 is 2.62 bits per heavy atom. The van der Waals surface area contributed by atoms with Crippen LogP contribution in [0.4, 0.5) is 5.69 Å². The van der Waals surface area contributed by atoms with E-state index < -0.39 is 0 Å². The molecule has 4 heteroatoms. The molecule has 1 heterocycles. The average Bonchev–Trinajstić information content (AvgIpc) is 2.47. The maximum absolute atomic E-state index is 12.3. The normalized spacial score (nSPS) is 12.0. The Morgan fingerprint density at radius 1 is 1.29 bits per heavy atom. The zero-order valence-corrected chi connectivity index (χ0v) is 13.1. The number of rotatable bonds is 5. The molecule has 0 unspecified atom stereocenters. The van der Waals surface area contributed by atoms with Gasteiger partial charge in [0.05, 0.1) is 0 Å². The van der Waals surface area contributed by atoms with Crippen molar-refractivity contribution < 1.29 is 9.36 Å². The number of carbonyl (C=O) groups excluding carboxylic acids is 1. The first-order valence-electron chi connectivity index (χ1n) is 7.16. The van der Waals surface area contributed by atoms with E-state index in [2.05, 4.69) is 24.4 Å². The van der Waals surface area contributed by atoms with Crippen molar-refractivity contribution in [1.29, 1.82) is 0 Å². The van der Waals surface area contributed by atoms with Crippen molar-refractivity contribution in [1.82, 2.24) is 0 Å². The van der Waals surface area contributed by atoms with Gasteiger partial charge in [-0.3, -0.25) is 4.79 Å². The van der Waals surface area contributed by atoms with Crippen molar-refractivity contribution >= 4 is 23.2 Å². The highest BCUT2D eigenvalue weighted by Gasteiger charge is 2.21. The number of aromatic nitrogens is 1. The molecule has 0 aliphatic carbocycles. The lowest BCUT2D eigenvalue weighted by molar-refractivity contribution is -0.705. The van der Waals surface area contributed by atoms with Crippen molar-refractivity contribution in [3.63, 3.8) is 0 Å². The summed E-state index contributed by atoms with van der Waals surface area (Å²) in [7, 11) is 0. The summed E-state index contributed by atoms with van der Waals surface area (Å²) in [4.78, 5) is 12.3. The van der Waals surface area contributed by atoms with E-state index >= 15 is 0 Å². The number of carbonyl (C=O) groups is 1. The Morgan fingerprint density at radius 2 is 2.00 bits per heavy atom. The largest absolute Gasteiger partial charge is 0.320 e. The van der Waals surface area contributed by atoms with Crippen LogP contribution >= 0.6 is 11.6 Å². The van der Waals surface area contributed by atoms with Crippen molar-refractivity contribution in [2.45, 2.75) is 32.7 Å². The van der Waals surface area contributed by atoms with Crippen molar-refractivity contribution in [3.05, 3.63) is 59.4 Å². The van der Waals surface area contributed by atoms with Gasteiger partial charge in [-0.1, -0.05) is 31.0 Å². The summed E-state index contributed by atoms with van der Waals surface area (Å²) in [5.74, 6) is -0.0643. The molecule has 3 nitrogen and oxygen atoms in total. The van der Waals surface area contributed by atoms with Crippen LogP contribution in [0.15, 0.2) is 48.8 Å². The molecule has 21 heavy (non-hydrogen) atoms. The van der Waals surface area contributed by atoms with Crippen LogP contribution in [0.25, 0.3) is 0 Å². The number of amides is 1. The van der Waals surface area contributed by atoms with Gasteiger partial charge in [-0.2, -0.15) is 4.57 Å². The van der Waals surface area contributed by atoms with E-state index in [1.807, 2.05) is 36.0 Å². The first kappa shape index (κ1) is 15.5. The van der Waals surface area contributed by atoms with Gasteiger partial charge in [-0.15, -0.1) is 0 Å². The number of hydrogen-bond acceptors (Lipinski definition) is 1. The molecule has 1 atom stereocenters. The number of aryl methyl sites for hydroxylation is 1. The minimum atomic E-state index is -0.278. The first-order valence-corrected chi connectivity index (χ1v) is 7.54. The molecule has 0 aliphatic heterocycles. The lowest BCUT2D eigenvalue weighted by atomic mass is 10.1. The van der Waals surface area contributed by atoms with E-state index in [0.717, 1.165) is 12.8 Å². The zero-order chi connectivity index (χ0) is 15.2. The Kier molecular flexibility index (Phi) is 5.34. The minimum absolute atomic E-state index is 0.0643. The molecule has 1 N–H and O–H groups in total. The number of nitrogens with zero attached hydrogens (tertiary/aromatic N) is 1. The Hall–Kier alpha value is -1.87. The fourth-order valence-electron chi connectivity index (χ4n) is 2.13. The fourth-order valence-corrected chi connectivity index (χ4v) is 2.32. The molecule has 0 spiro atoms. The number of halogens is 1. The number of benzene rings is 1. The second kappa shape index (κ2) is 7.23. The van der Waals surface area contributed by atoms with Gasteiger partial charge in [-0.25, -0.2) is 0 Å². The highest BCUT2D eigenvalue weighted by molar-refractivity contribution is 6.30. The highest BCUT2D eigenvalue weighted by Crippen LogP contribution is 2.15. The molecule has 0 fully saturated rings. The van der Waals surface area contributed by atoms with E-state index in [4.69, 9.17) is 11.6 Å². The van der Waals surface area contributed by atoms with Crippen LogP contribution in [0, 0.1) is 0 Å². The van der Waals surface area contributed by atoms with E-state index in [0.29, 0.717) is 10.7 Å². The van der Waals surface area contributed by atoms with E-state index in [1.54, 1.807) is 12.1 Å². The van der Waals surface area contributed by atoms with Gasteiger partial charge in [0.25, 0.3) is 5.91 Å². The highest BCUT2D eigenvalue weighted by atomic mass is 35.5. The van der Waals surface area contributed by atoms with Crippen LogP contribution < -0.4 is 9.88 Å². The van der Waals surface area contributed by atoms with Crippen molar-refractivity contribution in [2.24, 2.45) is 0 Å². The molecule has 2 rings (SSSR count). The second-order valence-electron chi connectivity index (χ2n) is 5.08. The van der Waals surface area contributed by atoms with Crippen LogP contribution in [-0.2, 0) is 11.2 Å². The number of anilines is 1. The summed E-state index contributed by atoms with van der Waals surface area (Å²) < 4.78 is 1.90. The number of nitrogens with one attached hydrogen (secondary N) is 1. The molecule has 0 bridgehead atoms. The molecule has 2 aromatic rings. The van der Waals surface area contributed by atoms with Gasteiger partial charge in [0, 0.05) is 29.8 Å². The van der Waals surface area contributed by atoms with E-state index in [1.165, 1.54) is 5.56 Å². The summed E-state index contributed by atoms with van der Waals surface area (Å²) in [6.45, 7) is 4.03. The van der Waals surface area contributed by atoms with Gasteiger partial charge < -0.3 is 5.32 Å². The summed E-state index contributed by atoms with van der Waals surface area (Å²) in [6, 6.07) is 11.0. The molecule has 1 aromatic heterocycles. The predicted octanol–water partition coefficient (Wildman–Crippen LogP) is 3.78. The van der Waals surface area contributed by atoms with Crippen LogP contribution in [-0.4, -0.2) is 5.91 Å². The lowest BCUT2D eigenvalue weighted by Crippen LogP contribution is -2.44. The maximum Gasteiger partial charge on any atom is 0.293 e. The minimum Gasteiger partial charge on any atom is -0.320 e. The van der Waals surface area contributed by atoms with Crippen LogP contribution in [0.1, 0.15) is 31.9 Å². The average molecular weight is 304 g/mol. The third-order valence-electron chi connectivity index (χ3n) is 3.38. The molecule has 0 radical (unpaired) electrons. The maximum atomic E-state index is 12.3.